The van der Waals surface area contributed by atoms with Crippen LogP contribution in [0.5, 0.6) is 0 Å². The fourth-order valence-corrected chi connectivity index (χ4v) is 3.78. The summed E-state index contributed by atoms with van der Waals surface area (Å²) in [5, 5.41) is 20.3. The van der Waals surface area contributed by atoms with Crippen molar-refractivity contribution in [3.63, 3.8) is 0 Å². The second-order valence-corrected chi connectivity index (χ2v) is 9.54. The van der Waals surface area contributed by atoms with E-state index >= 15 is 0 Å². The number of carbonyl (C=O) groups excluding carboxylic acids is 2. The number of carbonyl (C=O) groups is 2. The highest BCUT2D eigenvalue weighted by Crippen LogP contribution is 2.45. The molecule has 0 aromatic rings. The molecule has 172 valence electrons. The van der Waals surface area contributed by atoms with E-state index in [4.69, 9.17) is 9.47 Å². The van der Waals surface area contributed by atoms with Gasteiger partial charge in [0.25, 0.3) is 0 Å². The Morgan fingerprint density at radius 1 is 1.26 bits per heavy atom. The number of allylic oxidation sites excluding steroid dienone is 5. The molecule has 0 amide bonds. The molecule has 1 aliphatic heterocycles. The summed E-state index contributed by atoms with van der Waals surface area (Å²) in [6.45, 7) is 11.0. The van der Waals surface area contributed by atoms with Gasteiger partial charge in [0.1, 0.15) is 17.8 Å². The minimum atomic E-state index is -1.43. The number of ketones is 1. The largest absolute Gasteiger partial charge is 0.452 e. The van der Waals surface area contributed by atoms with Gasteiger partial charge >= 0.3 is 5.97 Å². The lowest BCUT2D eigenvalue weighted by atomic mass is 9.80. The molecule has 0 radical (unpaired) electrons. The first-order valence-electron chi connectivity index (χ1n) is 10.8. The molecule has 0 spiro atoms. The van der Waals surface area contributed by atoms with Crippen LogP contribution >= 0.6 is 0 Å². The van der Waals surface area contributed by atoms with E-state index in [9.17, 15) is 19.8 Å². The first-order valence-corrected chi connectivity index (χ1v) is 10.8. The smallest absolute Gasteiger partial charge is 0.331 e. The molecule has 2 rings (SSSR count). The number of hydrogen-bond donors (Lipinski definition) is 2. The summed E-state index contributed by atoms with van der Waals surface area (Å²) in [6, 6.07) is 0. The molecule has 0 bridgehead atoms. The molecule has 1 fully saturated rings. The van der Waals surface area contributed by atoms with Crippen molar-refractivity contribution in [3.05, 3.63) is 47.1 Å². The van der Waals surface area contributed by atoms with E-state index in [-0.39, 0.29) is 11.0 Å². The van der Waals surface area contributed by atoms with Crippen LogP contribution in [0.25, 0.3) is 0 Å². The lowest BCUT2D eigenvalue weighted by Crippen LogP contribution is -2.39. The van der Waals surface area contributed by atoms with Crippen LogP contribution in [0.15, 0.2) is 47.1 Å². The molecule has 31 heavy (non-hydrogen) atoms. The van der Waals surface area contributed by atoms with Crippen LogP contribution in [0.3, 0.4) is 0 Å². The summed E-state index contributed by atoms with van der Waals surface area (Å²) >= 11 is 0. The minimum absolute atomic E-state index is 0.173. The zero-order chi connectivity index (χ0) is 23.4. The van der Waals surface area contributed by atoms with E-state index in [0.717, 1.165) is 18.4 Å². The standard InChI is InChI=1S/C25H36O6/c1-16(2)8-7-11-24(5)12-9-18(15-26)21(28)22(29)23-25(6,31-23)19(10-13-24)30-20(27)14-17(3)4/h8-10,13-14,19,22-23,26,29H,7,11-12,15H2,1-6H3/b13-10-,18-9-/t19-,22-,23-,24+,25+/m1/s1. The van der Waals surface area contributed by atoms with Gasteiger partial charge in [0.2, 0.25) is 0 Å². The molecule has 1 aliphatic carbocycles. The Hall–Kier alpha value is -2.02. The van der Waals surface area contributed by atoms with Crippen LogP contribution in [-0.2, 0) is 19.1 Å². The molecule has 0 aromatic heterocycles. The second kappa shape index (κ2) is 10.1. The SMILES string of the molecule is CC(C)=CCC[C@]1(C)/C=C\[C@@H](OC(=O)C=C(C)C)[C@]2(C)O[C@@H]2[C@H](O)C(=O)/C(CO)=C\C1. The van der Waals surface area contributed by atoms with Gasteiger partial charge in [-0.3, -0.25) is 4.79 Å². The van der Waals surface area contributed by atoms with Crippen molar-refractivity contribution in [2.24, 2.45) is 5.41 Å². The Balaban J connectivity index is 2.43. The zero-order valence-corrected chi connectivity index (χ0v) is 19.5. The third kappa shape index (κ3) is 6.48. The maximum atomic E-state index is 12.8. The van der Waals surface area contributed by atoms with E-state index in [1.54, 1.807) is 26.8 Å². The number of esters is 1. The topological polar surface area (TPSA) is 96.4 Å². The highest BCUT2D eigenvalue weighted by Gasteiger charge is 2.63. The third-order valence-electron chi connectivity index (χ3n) is 5.90. The summed E-state index contributed by atoms with van der Waals surface area (Å²) in [6.07, 6.45) is 8.22. The van der Waals surface area contributed by atoms with Crippen LogP contribution in [0.1, 0.15) is 60.8 Å². The Labute approximate surface area is 185 Å². The number of Topliss-reactive ketones (excluding diaryl/α,β-unsaturated/α-hetero) is 1. The highest BCUT2D eigenvalue weighted by atomic mass is 16.7. The quantitative estimate of drug-likeness (QED) is 0.288. The van der Waals surface area contributed by atoms with Gasteiger partial charge in [0, 0.05) is 11.6 Å². The van der Waals surface area contributed by atoms with Crippen molar-refractivity contribution in [2.75, 3.05) is 6.61 Å². The number of rotatable bonds is 6. The molecule has 6 nitrogen and oxygen atoms in total. The fourth-order valence-electron chi connectivity index (χ4n) is 3.78. The summed E-state index contributed by atoms with van der Waals surface area (Å²) in [5.74, 6) is -1.06. The molecule has 2 aliphatic rings. The number of aliphatic hydroxyl groups excluding tert-OH is 2. The summed E-state index contributed by atoms with van der Waals surface area (Å²) in [7, 11) is 0. The number of aliphatic hydroxyl groups is 2. The number of fused-ring (bicyclic) bond motifs is 1. The molecule has 0 aromatic carbocycles. The Morgan fingerprint density at radius 3 is 2.52 bits per heavy atom. The number of hydrogen-bond acceptors (Lipinski definition) is 6. The number of epoxide rings is 1. The molecule has 1 heterocycles. The minimum Gasteiger partial charge on any atom is -0.452 e. The van der Waals surface area contributed by atoms with Crippen LogP contribution in [0.4, 0.5) is 0 Å². The van der Waals surface area contributed by atoms with Gasteiger partial charge in [-0.2, -0.15) is 0 Å². The maximum Gasteiger partial charge on any atom is 0.331 e. The molecule has 6 heteroatoms. The Morgan fingerprint density at radius 2 is 1.94 bits per heavy atom. The van der Waals surface area contributed by atoms with Gasteiger partial charge in [-0.15, -0.1) is 0 Å². The van der Waals surface area contributed by atoms with Crippen LogP contribution < -0.4 is 0 Å². The lowest BCUT2D eigenvalue weighted by molar-refractivity contribution is -0.143. The summed E-state index contributed by atoms with van der Waals surface area (Å²) in [4.78, 5) is 25.1. The predicted octanol–water partition coefficient (Wildman–Crippen LogP) is 3.58. The van der Waals surface area contributed by atoms with Gasteiger partial charge in [-0.1, -0.05) is 36.3 Å². The summed E-state index contributed by atoms with van der Waals surface area (Å²) in [5.41, 5.74) is 0.839. The normalized spacial score (nSPS) is 35.5. The molecule has 0 unspecified atom stereocenters. The monoisotopic (exact) mass is 432 g/mol. The van der Waals surface area contributed by atoms with Crippen molar-refractivity contribution in [1.29, 1.82) is 0 Å². The highest BCUT2D eigenvalue weighted by molar-refractivity contribution is 5.99. The predicted molar refractivity (Wildman–Crippen MR) is 119 cm³/mol. The lowest BCUT2D eigenvalue weighted by Gasteiger charge is -2.26. The molecular weight excluding hydrogens is 396 g/mol. The van der Waals surface area contributed by atoms with E-state index in [0.29, 0.717) is 6.42 Å². The van der Waals surface area contributed by atoms with Crippen molar-refractivity contribution < 1.29 is 29.3 Å². The molecule has 2 N–H and O–H groups in total. The van der Waals surface area contributed by atoms with E-state index in [1.165, 1.54) is 11.6 Å². The Kier molecular flexibility index (Phi) is 8.20. The van der Waals surface area contributed by atoms with Gasteiger partial charge < -0.3 is 19.7 Å². The van der Waals surface area contributed by atoms with Crippen molar-refractivity contribution in [3.8, 4) is 0 Å². The molecule has 5 atom stereocenters. The molecule has 0 saturated carbocycles. The van der Waals surface area contributed by atoms with Crippen molar-refractivity contribution in [1.82, 2.24) is 0 Å². The summed E-state index contributed by atoms with van der Waals surface area (Å²) < 4.78 is 11.4. The van der Waals surface area contributed by atoms with Crippen LogP contribution in [-0.4, -0.2) is 52.5 Å². The first kappa shape index (κ1) is 25.2. The molecule has 1 saturated heterocycles. The van der Waals surface area contributed by atoms with Crippen molar-refractivity contribution >= 4 is 11.8 Å². The maximum absolute atomic E-state index is 12.8. The van der Waals surface area contributed by atoms with Crippen LogP contribution in [0, 0.1) is 5.41 Å². The fraction of sp³-hybridized carbons (Fsp3) is 0.600. The first-order chi connectivity index (χ1) is 14.4. The third-order valence-corrected chi connectivity index (χ3v) is 5.90. The van der Waals surface area contributed by atoms with E-state index < -0.39 is 42.3 Å². The van der Waals surface area contributed by atoms with Gasteiger partial charge in [0.05, 0.1) is 6.61 Å². The van der Waals surface area contributed by atoms with E-state index in [1.807, 2.05) is 26.0 Å². The van der Waals surface area contributed by atoms with Gasteiger partial charge in [0.15, 0.2) is 11.9 Å². The number of ether oxygens (including phenoxy) is 2. The average molecular weight is 433 g/mol. The zero-order valence-electron chi connectivity index (χ0n) is 19.5. The van der Waals surface area contributed by atoms with Crippen LogP contribution in [0.2, 0.25) is 0 Å². The second-order valence-electron chi connectivity index (χ2n) is 9.54. The van der Waals surface area contributed by atoms with Gasteiger partial charge in [-0.05, 0) is 65.4 Å². The van der Waals surface area contributed by atoms with Crippen molar-refractivity contribution in [2.45, 2.75) is 84.7 Å². The Bertz CT molecular complexity index is 812. The average Bonchev–Trinajstić information content (AvgIpc) is 3.36. The molecular formula is C25H36O6. The van der Waals surface area contributed by atoms with Gasteiger partial charge in [-0.25, -0.2) is 4.79 Å². The van der Waals surface area contributed by atoms with E-state index in [2.05, 4.69) is 13.0 Å².